The molecule has 52 valence electrons. The average molecular weight is 138 g/mol. The van der Waals surface area contributed by atoms with Crippen LogP contribution in [-0.4, -0.2) is 22.6 Å². The number of nitrogens with zero attached hydrogens (tertiary/aromatic N) is 2. The topological polar surface area (TPSA) is 84.1 Å². The second-order valence-corrected chi connectivity index (χ2v) is 1.64. The molecule has 1 aromatic rings. The Morgan fingerprint density at radius 3 is 2.90 bits per heavy atom. The highest BCUT2D eigenvalue weighted by atomic mass is 16.1. The normalized spacial score (nSPS) is 9.20. The number of rotatable bonds is 2. The minimum absolute atomic E-state index is 0.238. The molecule has 0 aliphatic heterocycles. The minimum atomic E-state index is -0.553. The van der Waals surface area contributed by atoms with E-state index in [-0.39, 0.29) is 5.69 Å². The molecule has 0 radical (unpaired) electrons. The highest BCUT2D eigenvalue weighted by Crippen LogP contribution is 2.02. The fourth-order valence-corrected chi connectivity index (χ4v) is 0.516. The zero-order chi connectivity index (χ0) is 7.56. The van der Waals surface area contributed by atoms with Crippen molar-refractivity contribution < 1.29 is 4.79 Å². The second-order valence-electron chi connectivity index (χ2n) is 1.64. The Hall–Kier alpha value is -1.65. The molecule has 0 fully saturated rings. The average Bonchev–Trinajstić information content (AvgIpc) is 2.34. The number of amides is 1. The van der Waals surface area contributed by atoms with Gasteiger partial charge in [0.1, 0.15) is 5.69 Å². The minimum Gasteiger partial charge on any atom is -0.364 e. The van der Waals surface area contributed by atoms with E-state index >= 15 is 0 Å². The van der Waals surface area contributed by atoms with Gasteiger partial charge in [0, 0.05) is 0 Å². The number of carbonyl (C=O) groups is 1. The molecule has 0 bridgehead atoms. The lowest BCUT2D eigenvalue weighted by atomic mass is 10.5. The van der Waals surface area contributed by atoms with Crippen molar-refractivity contribution in [2.75, 3.05) is 0 Å². The van der Waals surface area contributed by atoms with Gasteiger partial charge in [0.05, 0.1) is 6.20 Å². The Morgan fingerprint density at radius 1 is 1.90 bits per heavy atom. The van der Waals surface area contributed by atoms with E-state index in [1.807, 2.05) is 0 Å². The fraction of sp³-hybridized carbons (Fsp3) is 0. The van der Waals surface area contributed by atoms with Crippen LogP contribution in [0.5, 0.6) is 0 Å². The van der Waals surface area contributed by atoms with E-state index in [9.17, 15) is 4.79 Å². The molecule has 0 saturated carbocycles. The first-order valence-corrected chi connectivity index (χ1v) is 2.55. The first-order valence-electron chi connectivity index (χ1n) is 2.55. The van der Waals surface area contributed by atoms with Gasteiger partial charge in [0.15, 0.2) is 0 Å². The lowest BCUT2D eigenvalue weighted by molar-refractivity contribution is 0.0996. The van der Waals surface area contributed by atoms with Gasteiger partial charge in [-0.3, -0.25) is 4.79 Å². The predicted octanol–water partition coefficient (Wildman–Crippen LogP) is -0.159. The van der Waals surface area contributed by atoms with Crippen molar-refractivity contribution in [1.29, 1.82) is 0 Å². The van der Waals surface area contributed by atoms with Gasteiger partial charge in [-0.2, -0.15) is 0 Å². The standard InChI is InChI=1S/C5H6N4O/c1-7-5-8-2-3(9-5)4(6)10/h2H,1H2,(H2,6,10)(H,8,9). The maximum absolute atomic E-state index is 10.4. The van der Waals surface area contributed by atoms with Gasteiger partial charge in [-0.15, -0.1) is 0 Å². The van der Waals surface area contributed by atoms with Crippen LogP contribution in [-0.2, 0) is 0 Å². The third kappa shape index (κ3) is 1.02. The number of aromatic nitrogens is 2. The Bertz CT molecular complexity index is 264. The number of nitrogens with one attached hydrogen (secondary N) is 1. The van der Waals surface area contributed by atoms with Crippen molar-refractivity contribution in [1.82, 2.24) is 9.97 Å². The summed E-state index contributed by atoms with van der Waals surface area (Å²) in [5.74, 6) is -0.254. The Balaban J connectivity index is 2.98. The highest BCUT2D eigenvalue weighted by Gasteiger charge is 2.02. The van der Waals surface area contributed by atoms with Gasteiger partial charge >= 0.3 is 0 Å². The molecule has 1 aromatic heterocycles. The number of H-pyrrole nitrogens is 1. The number of hydrogen-bond acceptors (Lipinski definition) is 3. The van der Waals surface area contributed by atoms with E-state index in [1.54, 1.807) is 0 Å². The van der Waals surface area contributed by atoms with Crippen LogP contribution in [0.4, 0.5) is 5.95 Å². The number of aliphatic imine (C=N–C) groups is 1. The number of hydrogen-bond donors (Lipinski definition) is 2. The summed E-state index contributed by atoms with van der Waals surface area (Å²) >= 11 is 0. The Kier molecular flexibility index (Phi) is 1.49. The summed E-state index contributed by atoms with van der Waals surface area (Å²) in [6.07, 6.45) is 1.31. The smallest absolute Gasteiger partial charge is 0.266 e. The number of imidazole rings is 1. The molecule has 1 amide bonds. The van der Waals surface area contributed by atoms with Gasteiger partial charge in [0.2, 0.25) is 5.95 Å². The van der Waals surface area contributed by atoms with Crippen molar-refractivity contribution in [2.45, 2.75) is 0 Å². The van der Waals surface area contributed by atoms with E-state index in [0.29, 0.717) is 5.95 Å². The van der Waals surface area contributed by atoms with Crippen molar-refractivity contribution in [3.63, 3.8) is 0 Å². The van der Waals surface area contributed by atoms with Crippen LogP contribution in [0.1, 0.15) is 10.5 Å². The van der Waals surface area contributed by atoms with Gasteiger partial charge in [-0.1, -0.05) is 0 Å². The third-order valence-electron chi connectivity index (χ3n) is 0.978. The fourth-order valence-electron chi connectivity index (χ4n) is 0.516. The van der Waals surface area contributed by atoms with E-state index in [4.69, 9.17) is 5.73 Å². The largest absolute Gasteiger partial charge is 0.364 e. The first kappa shape index (κ1) is 6.47. The molecular formula is C5H6N4O. The number of aromatic amines is 1. The summed E-state index contributed by atoms with van der Waals surface area (Å²) in [7, 11) is 0. The quantitative estimate of drug-likeness (QED) is 0.556. The zero-order valence-corrected chi connectivity index (χ0v) is 5.16. The van der Waals surface area contributed by atoms with Crippen molar-refractivity contribution in [2.24, 2.45) is 10.7 Å². The zero-order valence-electron chi connectivity index (χ0n) is 5.16. The molecule has 1 rings (SSSR count). The SMILES string of the molecule is C=Nc1ncc(C(N)=O)[nH]1. The second kappa shape index (κ2) is 2.30. The summed E-state index contributed by atoms with van der Waals surface area (Å²) in [5, 5.41) is 0. The van der Waals surface area contributed by atoms with Gasteiger partial charge in [-0.05, 0) is 6.72 Å². The molecule has 0 spiro atoms. The summed E-state index contributed by atoms with van der Waals surface area (Å²) in [4.78, 5) is 20.1. The van der Waals surface area contributed by atoms with Gasteiger partial charge in [-0.25, -0.2) is 9.98 Å². The first-order chi connectivity index (χ1) is 4.74. The molecule has 0 saturated heterocycles. The molecule has 10 heavy (non-hydrogen) atoms. The summed E-state index contributed by atoms with van der Waals surface area (Å²) in [6, 6.07) is 0. The summed E-state index contributed by atoms with van der Waals surface area (Å²) in [5.41, 5.74) is 5.15. The number of nitrogens with two attached hydrogens (primary N) is 1. The molecule has 3 N–H and O–H groups in total. The molecule has 0 aliphatic carbocycles. The van der Waals surface area contributed by atoms with Crippen molar-refractivity contribution in [3.8, 4) is 0 Å². The molecular weight excluding hydrogens is 132 g/mol. The molecule has 5 nitrogen and oxygen atoms in total. The molecule has 0 aliphatic rings. The van der Waals surface area contributed by atoms with Crippen molar-refractivity contribution in [3.05, 3.63) is 11.9 Å². The van der Waals surface area contributed by atoms with E-state index in [1.165, 1.54) is 6.20 Å². The predicted molar refractivity (Wildman–Crippen MR) is 36.3 cm³/mol. The summed E-state index contributed by atoms with van der Waals surface area (Å²) < 4.78 is 0. The van der Waals surface area contributed by atoms with E-state index < -0.39 is 5.91 Å². The Labute approximate surface area is 57.0 Å². The van der Waals surface area contributed by atoms with Crippen LogP contribution in [0.25, 0.3) is 0 Å². The lowest BCUT2D eigenvalue weighted by Gasteiger charge is -1.83. The third-order valence-corrected chi connectivity index (χ3v) is 0.978. The molecule has 0 atom stereocenters. The molecule has 1 heterocycles. The molecule has 5 heteroatoms. The Morgan fingerprint density at radius 2 is 2.60 bits per heavy atom. The lowest BCUT2D eigenvalue weighted by Crippen LogP contribution is -2.10. The number of primary amides is 1. The maximum atomic E-state index is 10.4. The van der Waals surface area contributed by atoms with Crippen LogP contribution >= 0.6 is 0 Å². The molecule has 0 aromatic carbocycles. The van der Waals surface area contributed by atoms with Crippen LogP contribution in [0.2, 0.25) is 0 Å². The monoisotopic (exact) mass is 138 g/mol. The van der Waals surface area contributed by atoms with Crippen LogP contribution in [0, 0.1) is 0 Å². The van der Waals surface area contributed by atoms with Crippen molar-refractivity contribution >= 4 is 18.6 Å². The van der Waals surface area contributed by atoms with Crippen LogP contribution in [0.15, 0.2) is 11.2 Å². The summed E-state index contributed by atoms with van der Waals surface area (Å²) in [6.45, 7) is 3.21. The molecule has 0 unspecified atom stereocenters. The van der Waals surface area contributed by atoms with E-state index in [0.717, 1.165) is 0 Å². The highest BCUT2D eigenvalue weighted by molar-refractivity contribution is 5.90. The van der Waals surface area contributed by atoms with Crippen LogP contribution < -0.4 is 5.73 Å². The number of carbonyl (C=O) groups excluding carboxylic acids is 1. The van der Waals surface area contributed by atoms with Crippen LogP contribution in [0.3, 0.4) is 0 Å². The van der Waals surface area contributed by atoms with E-state index in [2.05, 4.69) is 21.7 Å². The van der Waals surface area contributed by atoms with Gasteiger partial charge in [0.25, 0.3) is 5.91 Å². The maximum Gasteiger partial charge on any atom is 0.266 e. The van der Waals surface area contributed by atoms with Gasteiger partial charge < -0.3 is 10.7 Å².